The summed E-state index contributed by atoms with van der Waals surface area (Å²) in [5.41, 5.74) is 1.42. The second-order valence-electron chi connectivity index (χ2n) is 8.06. The van der Waals surface area contributed by atoms with Crippen LogP contribution in [-0.4, -0.2) is 26.2 Å². The first-order valence-electron chi connectivity index (χ1n) is 11.3. The predicted molar refractivity (Wildman–Crippen MR) is 141 cm³/mol. The molecule has 0 radical (unpaired) electrons. The second-order valence-corrected chi connectivity index (χ2v) is 8.49. The van der Waals surface area contributed by atoms with Gasteiger partial charge in [-0.15, -0.1) is 0 Å². The van der Waals surface area contributed by atoms with Crippen LogP contribution in [0.2, 0.25) is 5.02 Å². The highest BCUT2D eigenvalue weighted by atomic mass is 35.5. The van der Waals surface area contributed by atoms with Crippen LogP contribution < -0.4 is 20.7 Å². The molecule has 37 heavy (non-hydrogen) atoms. The molecule has 0 bridgehead atoms. The highest BCUT2D eigenvalue weighted by Gasteiger charge is 2.17. The SMILES string of the molecule is COc1ccc(-c2cn(-c3cc(Cl)cc(OCc4ccccc4)c3)c(=O)n(-c3cccnc3)c2=O)cn1. The molecule has 0 spiro atoms. The third-order valence-corrected chi connectivity index (χ3v) is 5.85. The van der Waals surface area contributed by atoms with Gasteiger partial charge in [-0.2, -0.15) is 0 Å². The summed E-state index contributed by atoms with van der Waals surface area (Å²) < 4.78 is 13.5. The first kappa shape index (κ1) is 24.0. The summed E-state index contributed by atoms with van der Waals surface area (Å²) in [6.45, 7) is 0.327. The van der Waals surface area contributed by atoms with Crippen molar-refractivity contribution in [1.29, 1.82) is 0 Å². The lowest BCUT2D eigenvalue weighted by molar-refractivity contribution is 0.306. The van der Waals surface area contributed by atoms with E-state index in [1.54, 1.807) is 48.7 Å². The summed E-state index contributed by atoms with van der Waals surface area (Å²) in [7, 11) is 1.51. The van der Waals surface area contributed by atoms with Crippen LogP contribution in [-0.2, 0) is 6.61 Å². The number of nitrogens with zero attached hydrogens (tertiary/aromatic N) is 4. The minimum Gasteiger partial charge on any atom is -0.489 e. The molecule has 0 saturated heterocycles. The van der Waals surface area contributed by atoms with Crippen molar-refractivity contribution < 1.29 is 9.47 Å². The van der Waals surface area contributed by atoms with E-state index in [1.165, 1.54) is 30.3 Å². The summed E-state index contributed by atoms with van der Waals surface area (Å²) in [5, 5.41) is 0.374. The quantitative estimate of drug-likeness (QED) is 0.314. The number of rotatable bonds is 7. The fraction of sp³-hybridized carbons (Fsp3) is 0.0714. The maximum Gasteiger partial charge on any atom is 0.340 e. The summed E-state index contributed by atoms with van der Waals surface area (Å²) in [6.07, 6.45) is 6.02. The van der Waals surface area contributed by atoms with Crippen LogP contribution in [0.15, 0.2) is 107 Å². The molecule has 0 aliphatic heterocycles. The second kappa shape index (κ2) is 10.5. The van der Waals surface area contributed by atoms with E-state index in [-0.39, 0.29) is 5.56 Å². The first-order chi connectivity index (χ1) is 18.0. The molecule has 9 heteroatoms. The van der Waals surface area contributed by atoms with Crippen LogP contribution in [0.1, 0.15) is 5.56 Å². The van der Waals surface area contributed by atoms with E-state index in [9.17, 15) is 9.59 Å². The average Bonchev–Trinajstić information content (AvgIpc) is 2.93. The minimum absolute atomic E-state index is 0.255. The summed E-state index contributed by atoms with van der Waals surface area (Å²) in [5.74, 6) is 0.879. The van der Waals surface area contributed by atoms with Gasteiger partial charge in [-0.25, -0.2) is 14.3 Å². The number of aromatic nitrogens is 4. The van der Waals surface area contributed by atoms with Gasteiger partial charge in [-0.1, -0.05) is 41.9 Å². The van der Waals surface area contributed by atoms with Gasteiger partial charge in [0.05, 0.1) is 30.2 Å². The van der Waals surface area contributed by atoms with Crippen LogP contribution in [0, 0.1) is 0 Å². The van der Waals surface area contributed by atoms with Crippen molar-refractivity contribution in [3.8, 4) is 34.1 Å². The standard InChI is InChI=1S/C28H21ClN4O4/c1-36-26-10-9-20(15-31-26)25-17-32(28(35)33(27(25)34)22-8-5-11-30-16-22)23-12-21(29)13-24(14-23)37-18-19-6-3-2-4-7-19/h2-17H,18H2,1H3. The zero-order chi connectivity index (χ0) is 25.8. The first-order valence-corrected chi connectivity index (χ1v) is 11.7. The third kappa shape index (κ3) is 5.14. The smallest absolute Gasteiger partial charge is 0.340 e. The van der Waals surface area contributed by atoms with Crippen LogP contribution >= 0.6 is 11.6 Å². The van der Waals surface area contributed by atoms with Gasteiger partial charge >= 0.3 is 5.69 Å². The minimum atomic E-state index is -0.584. The van der Waals surface area contributed by atoms with E-state index in [1.807, 2.05) is 30.3 Å². The Morgan fingerprint density at radius 2 is 1.76 bits per heavy atom. The molecule has 184 valence electrons. The maximum atomic E-state index is 13.7. The maximum absolute atomic E-state index is 13.7. The summed E-state index contributed by atoms with van der Waals surface area (Å²) in [4.78, 5) is 35.5. The average molecular weight is 513 g/mol. The van der Waals surface area contributed by atoms with Gasteiger partial charge in [0.25, 0.3) is 5.56 Å². The number of ether oxygens (including phenoxy) is 2. The molecular weight excluding hydrogens is 492 g/mol. The molecule has 0 atom stereocenters. The van der Waals surface area contributed by atoms with Crippen LogP contribution in [0.3, 0.4) is 0 Å². The Kier molecular flexibility index (Phi) is 6.83. The number of halogens is 1. The largest absolute Gasteiger partial charge is 0.489 e. The van der Waals surface area contributed by atoms with Crippen LogP contribution in [0.4, 0.5) is 0 Å². The number of hydrogen-bond donors (Lipinski definition) is 0. The highest BCUT2D eigenvalue weighted by molar-refractivity contribution is 6.30. The molecule has 0 unspecified atom stereocenters. The normalized spacial score (nSPS) is 10.8. The molecule has 8 nitrogen and oxygen atoms in total. The Bertz CT molecular complexity index is 1650. The Morgan fingerprint density at radius 3 is 2.46 bits per heavy atom. The van der Waals surface area contributed by atoms with Crippen molar-refractivity contribution in [2.24, 2.45) is 0 Å². The van der Waals surface area contributed by atoms with Gasteiger partial charge < -0.3 is 9.47 Å². The van der Waals surface area contributed by atoms with Crippen molar-refractivity contribution in [2.75, 3.05) is 7.11 Å². The molecule has 0 N–H and O–H groups in total. The fourth-order valence-corrected chi connectivity index (χ4v) is 4.04. The van der Waals surface area contributed by atoms with Crippen molar-refractivity contribution in [3.63, 3.8) is 0 Å². The highest BCUT2D eigenvalue weighted by Crippen LogP contribution is 2.25. The topological polar surface area (TPSA) is 88.2 Å². The van der Waals surface area contributed by atoms with Crippen LogP contribution in [0.5, 0.6) is 11.6 Å². The van der Waals surface area contributed by atoms with Gasteiger partial charge in [-0.05, 0) is 35.9 Å². The monoisotopic (exact) mass is 512 g/mol. The van der Waals surface area contributed by atoms with Gasteiger partial charge in [0, 0.05) is 41.3 Å². The van der Waals surface area contributed by atoms with Gasteiger partial charge in [0.1, 0.15) is 12.4 Å². The van der Waals surface area contributed by atoms with Gasteiger partial charge in [0.15, 0.2) is 0 Å². The van der Waals surface area contributed by atoms with Crippen LogP contribution in [0.25, 0.3) is 22.5 Å². The third-order valence-electron chi connectivity index (χ3n) is 5.63. The Morgan fingerprint density at radius 1 is 0.919 bits per heavy atom. The summed E-state index contributed by atoms with van der Waals surface area (Å²) in [6, 6.07) is 21.3. The Labute approximate surface area is 217 Å². The van der Waals surface area contributed by atoms with E-state index in [4.69, 9.17) is 21.1 Å². The number of methoxy groups -OCH3 is 1. The number of hydrogen-bond acceptors (Lipinski definition) is 6. The summed E-state index contributed by atoms with van der Waals surface area (Å²) >= 11 is 6.41. The molecule has 0 amide bonds. The molecule has 0 aliphatic carbocycles. The lowest BCUT2D eigenvalue weighted by Crippen LogP contribution is -2.38. The molecule has 3 heterocycles. The fourth-order valence-electron chi connectivity index (χ4n) is 3.82. The van der Waals surface area contributed by atoms with Crippen molar-refractivity contribution in [1.82, 2.24) is 19.1 Å². The van der Waals surface area contributed by atoms with E-state index in [0.29, 0.717) is 40.2 Å². The lowest BCUT2D eigenvalue weighted by Gasteiger charge is -2.15. The molecular formula is C28H21ClN4O4. The molecule has 0 fully saturated rings. The zero-order valence-electron chi connectivity index (χ0n) is 19.7. The Hall–Kier alpha value is -4.69. The number of benzene rings is 2. The molecule has 5 aromatic rings. The molecule has 3 aromatic heterocycles. The predicted octanol–water partition coefficient (Wildman–Crippen LogP) is 4.69. The molecule has 5 rings (SSSR count). The van der Waals surface area contributed by atoms with Crippen molar-refractivity contribution >= 4 is 11.6 Å². The van der Waals surface area contributed by atoms with Crippen molar-refractivity contribution in [2.45, 2.75) is 6.61 Å². The molecule has 0 aliphatic rings. The Balaban J connectivity index is 1.66. The zero-order valence-corrected chi connectivity index (χ0v) is 20.5. The van der Waals surface area contributed by atoms with Crippen molar-refractivity contribution in [3.05, 3.63) is 129 Å². The van der Waals surface area contributed by atoms with E-state index in [2.05, 4.69) is 9.97 Å². The van der Waals surface area contributed by atoms with E-state index in [0.717, 1.165) is 10.1 Å². The molecule has 2 aromatic carbocycles. The van der Waals surface area contributed by atoms with Gasteiger partial charge in [0.2, 0.25) is 5.88 Å². The molecule has 0 saturated carbocycles. The number of pyridine rings is 2. The van der Waals surface area contributed by atoms with E-state index >= 15 is 0 Å². The van der Waals surface area contributed by atoms with E-state index < -0.39 is 11.2 Å². The van der Waals surface area contributed by atoms with Gasteiger partial charge in [-0.3, -0.25) is 14.3 Å². The lowest BCUT2D eigenvalue weighted by atomic mass is 10.1.